The number of urea groups is 1. The van der Waals surface area contributed by atoms with E-state index in [0.717, 1.165) is 11.1 Å². The smallest absolute Gasteiger partial charge is 0.323 e. The van der Waals surface area contributed by atoms with Crippen molar-refractivity contribution in [1.82, 2.24) is 5.32 Å². The third-order valence-corrected chi connectivity index (χ3v) is 5.81. The van der Waals surface area contributed by atoms with Crippen LogP contribution in [-0.4, -0.2) is 43.2 Å². The van der Waals surface area contributed by atoms with Crippen LogP contribution in [0.3, 0.4) is 0 Å². The molecule has 1 unspecified atom stereocenters. The van der Waals surface area contributed by atoms with Gasteiger partial charge in [-0.2, -0.15) is 0 Å². The maximum absolute atomic E-state index is 12.6. The Labute approximate surface area is 216 Å². The van der Waals surface area contributed by atoms with Gasteiger partial charge in [-0.25, -0.2) is 4.79 Å². The van der Waals surface area contributed by atoms with Gasteiger partial charge in [0.25, 0.3) is 0 Å². The Morgan fingerprint density at radius 1 is 0.946 bits per heavy atom. The van der Waals surface area contributed by atoms with Crippen molar-refractivity contribution >= 4 is 35.0 Å². The molecule has 0 spiro atoms. The Bertz CT molecular complexity index is 1230. The predicted molar refractivity (Wildman–Crippen MR) is 144 cm³/mol. The van der Waals surface area contributed by atoms with Crippen LogP contribution in [0, 0.1) is 6.92 Å². The molecule has 37 heavy (non-hydrogen) atoms. The van der Waals surface area contributed by atoms with Crippen molar-refractivity contribution in [1.29, 1.82) is 0 Å². The summed E-state index contributed by atoms with van der Waals surface area (Å²) in [6.07, 6.45) is -0.148. The maximum Gasteiger partial charge on any atom is 0.323 e. The summed E-state index contributed by atoms with van der Waals surface area (Å²) in [5.41, 5.74) is 3.58. The quantitative estimate of drug-likeness (QED) is 0.298. The van der Waals surface area contributed by atoms with Gasteiger partial charge in [0.2, 0.25) is 5.91 Å². The summed E-state index contributed by atoms with van der Waals surface area (Å²) in [5.74, 6) is -0.716. The van der Waals surface area contributed by atoms with Crippen molar-refractivity contribution in [3.63, 3.8) is 0 Å². The first-order valence-electron chi connectivity index (χ1n) is 11.9. The lowest BCUT2D eigenvalue weighted by Crippen LogP contribution is -2.37. The van der Waals surface area contributed by atoms with Gasteiger partial charge in [0.15, 0.2) is 0 Å². The summed E-state index contributed by atoms with van der Waals surface area (Å²) in [6.45, 7) is 4.01. The highest BCUT2D eigenvalue weighted by molar-refractivity contribution is 6.01. The normalized spacial score (nSPS) is 11.2. The number of ether oxygens (including phenoxy) is 1. The van der Waals surface area contributed by atoms with E-state index in [1.807, 2.05) is 66.4 Å². The Morgan fingerprint density at radius 3 is 2.27 bits per heavy atom. The number of carbonyl (C=O) groups is 3. The van der Waals surface area contributed by atoms with Crippen LogP contribution in [0.2, 0.25) is 0 Å². The molecule has 0 aliphatic carbocycles. The number of aliphatic carboxylic acids is 1. The Balaban J connectivity index is 1.91. The highest BCUT2D eigenvalue weighted by atomic mass is 16.5. The Hall–Kier alpha value is -4.53. The molecule has 0 aromatic heterocycles. The number of hydrogen-bond donors (Lipinski definition) is 4. The first-order chi connectivity index (χ1) is 17.8. The second kappa shape index (κ2) is 13.0. The minimum absolute atomic E-state index is 0.148. The second-order valence-corrected chi connectivity index (χ2v) is 8.48. The lowest BCUT2D eigenvalue weighted by molar-refractivity contribution is -0.137. The maximum atomic E-state index is 12.6. The number of rotatable bonds is 11. The molecule has 0 radical (unpaired) electrons. The molecule has 3 aromatic carbocycles. The third-order valence-electron chi connectivity index (χ3n) is 5.81. The first-order valence-corrected chi connectivity index (χ1v) is 11.9. The van der Waals surface area contributed by atoms with Crippen LogP contribution in [0.15, 0.2) is 72.8 Å². The Morgan fingerprint density at radius 2 is 1.62 bits per heavy atom. The molecular weight excluding hydrogens is 472 g/mol. The number of nitrogens with one attached hydrogen (secondary N) is 3. The van der Waals surface area contributed by atoms with Crippen LogP contribution >= 0.6 is 0 Å². The van der Waals surface area contributed by atoms with Crippen LogP contribution in [-0.2, 0) is 9.59 Å². The second-order valence-electron chi connectivity index (χ2n) is 8.48. The molecular formula is C28H32N4O5. The van der Waals surface area contributed by atoms with E-state index in [1.54, 1.807) is 18.2 Å². The summed E-state index contributed by atoms with van der Waals surface area (Å²) in [5, 5.41) is 18.1. The van der Waals surface area contributed by atoms with Crippen LogP contribution in [0.1, 0.15) is 30.5 Å². The lowest BCUT2D eigenvalue weighted by atomic mass is 10.0. The van der Waals surface area contributed by atoms with Crippen LogP contribution in [0.5, 0.6) is 5.75 Å². The predicted octanol–water partition coefficient (Wildman–Crippen LogP) is 4.81. The minimum Gasteiger partial charge on any atom is -0.494 e. The fourth-order valence-corrected chi connectivity index (χ4v) is 4.02. The van der Waals surface area contributed by atoms with Gasteiger partial charge in [-0.3, -0.25) is 9.59 Å². The van der Waals surface area contributed by atoms with E-state index >= 15 is 0 Å². The van der Waals surface area contributed by atoms with Gasteiger partial charge >= 0.3 is 12.0 Å². The van der Waals surface area contributed by atoms with Crippen molar-refractivity contribution in [3.05, 3.63) is 83.9 Å². The largest absolute Gasteiger partial charge is 0.494 e. The van der Waals surface area contributed by atoms with Gasteiger partial charge in [0.05, 0.1) is 25.3 Å². The van der Waals surface area contributed by atoms with Crippen LogP contribution < -0.4 is 25.6 Å². The number of aryl methyl sites for hydroxylation is 1. The van der Waals surface area contributed by atoms with E-state index in [2.05, 4.69) is 16.0 Å². The van der Waals surface area contributed by atoms with Gasteiger partial charge < -0.3 is 30.7 Å². The highest BCUT2D eigenvalue weighted by Crippen LogP contribution is 2.35. The molecule has 3 amide bonds. The van der Waals surface area contributed by atoms with Crippen molar-refractivity contribution in [3.8, 4) is 5.75 Å². The number of carboxylic acid groups (broad SMARTS) is 1. The molecule has 0 heterocycles. The summed E-state index contributed by atoms with van der Waals surface area (Å²) in [7, 11) is 1.50. The van der Waals surface area contributed by atoms with E-state index in [9.17, 15) is 19.5 Å². The molecule has 3 rings (SSSR count). The first kappa shape index (κ1) is 27.1. The summed E-state index contributed by atoms with van der Waals surface area (Å²) >= 11 is 0. The zero-order valence-corrected chi connectivity index (χ0v) is 21.2. The third kappa shape index (κ3) is 7.73. The number of methoxy groups -OCH3 is 1. The average molecular weight is 505 g/mol. The van der Waals surface area contributed by atoms with Crippen molar-refractivity contribution in [2.24, 2.45) is 0 Å². The van der Waals surface area contributed by atoms with E-state index < -0.39 is 18.0 Å². The molecule has 0 bridgehead atoms. The standard InChI is InChI=1S/C28H32N4O5/c1-19-9-7-8-12-23(19)30-28(36)31-24-14-13-22(17-26(24)37-3)32(16-15-29-20(2)33)25(18-27(34)35)21-10-5-4-6-11-21/h4-14,17,25H,15-16,18H2,1-3H3,(H,29,33)(H,34,35)(H2,30,31,36). The number of nitrogens with zero attached hydrogens (tertiary/aromatic N) is 1. The average Bonchev–Trinajstić information content (AvgIpc) is 2.87. The Kier molecular flexibility index (Phi) is 9.48. The molecule has 0 aliphatic rings. The van der Waals surface area contributed by atoms with Gasteiger partial charge in [-0.1, -0.05) is 48.5 Å². The number of anilines is 3. The molecule has 0 saturated heterocycles. The number of carbonyl (C=O) groups excluding carboxylic acids is 2. The molecule has 3 aromatic rings. The molecule has 0 fully saturated rings. The summed E-state index contributed by atoms with van der Waals surface area (Å²) in [6, 6.07) is 21.1. The molecule has 0 saturated carbocycles. The number of carboxylic acids is 1. The topological polar surface area (TPSA) is 120 Å². The minimum atomic E-state index is -0.948. The number of hydrogen-bond acceptors (Lipinski definition) is 5. The molecule has 4 N–H and O–H groups in total. The highest BCUT2D eigenvalue weighted by Gasteiger charge is 2.25. The van der Waals surface area contributed by atoms with Crippen molar-refractivity contribution < 1.29 is 24.2 Å². The molecule has 9 nitrogen and oxygen atoms in total. The monoisotopic (exact) mass is 504 g/mol. The number of amides is 3. The zero-order chi connectivity index (χ0) is 26.8. The lowest BCUT2D eigenvalue weighted by Gasteiger charge is -2.34. The fourth-order valence-electron chi connectivity index (χ4n) is 4.02. The molecule has 0 aliphatic heterocycles. The van der Waals surface area contributed by atoms with Gasteiger partial charge in [-0.15, -0.1) is 0 Å². The van der Waals surface area contributed by atoms with Crippen LogP contribution in [0.4, 0.5) is 21.9 Å². The SMILES string of the molecule is COc1cc(N(CCNC(C)=O)C(CC(=O)O)c2ccccc2)ccc1NC(=O)Nc1ccccc1C. The number of benzene rings is 3. The molecule has 9 heteroatoms. The van der Waals surface area contributed by atoms with Gasteiger partial charge in [0.1, 0.15) is 5.75 Å². The van der Waals surface area contributed by atoms with Gasteiger partial charge in [-0.05, 0) is 36.2 Å². The van der Waals surface area contributed by atoms with E-state index in [-0.39, 0.29) is 12.3 Å². The number of para-hydroxylation sites is 1. The fraction of sp³-hybridized carbons (Fsp3) is 0.250. The summed E-state index contributed by atoms with van der Waals surface area (Å²) < 4.78 is 5.57. The van der Waals surface area contributed by atoms with E-state index in [0.29, 0.717) is 35.9 Å². The van der Waals surface area contributed by atoms with Gasteiger partial charge in [0, 0.05) is 37.5 Å². The zero-order valence-electron chi connectivity index (χ0n) is 21.2. The van der Waals surface area contributed by atoms with E-state index in [4.69, 9.17) is 4.74 Å². The van der Waals surface area contributed by atoms with E-state index in [1.165, 1.54) is 14.0 Å². The van der Waals surface area contributed by atoms with Crippen molar-refractivity contribution in [2.75, 3.05) is 35.7 Å². The molecule has 194 valence electrons. The van der Waals surface area contributed by atoms with Crippen LogP contribution in [0.25, 0.3) is 0 Å². The molecule has 1 atom stereocenters. The summed E-state index contributed by atoms with van der Waals surface area (Å²) in [4.78, 5) is 37.8. The van der Waals surface area contributed by atoms with Crippen molar-refractivity contribution in [2.45, 2.75) is 26.3 Å².